The lowest BCUT2D eigenvalue weighted by Crippen LogP contribution is -2.09. The quantitative estimate of drug-likeness (QED) is 0.873. The normalized spacial score (nSPS) is 11.1. The lowest BCUT2D eigenvalue weighted by molar-refractivity contribution is 0.416. The molecule has 0 atom stereocenters. The van der Waals surface area contributed by atoms with E-state index < -0.39 is 10.0 Å². The van der Waals surface area contributed by atoms with E-state index in [1.54, 1.807) is 25.3 Å². The molecule has 0 radical (unpaired) electrons. The van der Waals surface area contributed by atoms with Gasteiger partial charge in [0, 0.05) is 11.1 Å². The van der Waals surface area contributed by atoms with Crippen molar-refractivity contribution < 1.29 is 13.2 Å². The number of benzene rings is 1. The summed E-state index contributed by atoms with van der Waals surface area (Å²) in [6.07, 6.45) is 2.51. The highest BCUT2D eigenvalue weighted by atomic mass is 35.5. The lowest BCUT2D eigenvalue weighted by atomic mass is 10.2. The Morgan fingerprint density at radius 2 is 2.00 bits per heavy atom. The fourth-order valence-corrected chi connectivity index (χ4v) is 2.51. The van der Waals surface area contributed by atoms with Crippen LogP contribution in [0, 0.1) is 6.92 Å². The topological polar surface area (TPSA) is 80.3 Å². The third-order valence-electron chi connectivity index (χ3n) is 2.81. The van der Waals surface area contributed by atoms with Crippen LogP contribution in [0.3, 0.4) is 0 Å². The Labute approximate surface area is 134 Å². The number of aromatic nitrogens is 1. The first-order valence-electron chi connectivity index (χ1n) is 6.33. The van der Waals surface area contributed by atoms with Crippen molar-refractivity contribution in [2.45, 2.75) is 6.92 Å². The van der Waals surface area contributed by atoms with E-state index in [2.05, 4.69) is 15.0 Å². The second kappa shape index (κ2) is 6.41. The monoisotopic (exact) mass is 341 g/mol. The second-order valence-corrected chi connectivity index (χ2v) is 6.89. The van der Waals surface area contributed by atoms with Crippen LogP contribution in [0.4, 0.5) is 17.2 Å². The summed E-state index contributed by atoms with van der Waals surface area (Å²) in [5.41, 5.74) is 2.02. The van der Waals surface area contributed by atoms with Crippen molar-refractivity contribution in [3.05, 3.63) is 41.0 Å². The molecule has 1 heterocycles. The molecule has 0 fully saturated rings. The number of methoxy groups -OCH3 is 1. The van der Waals surface area contributed by atoms with Crippen LogP contribution in [0.2, 0.25) is 5.02 Å². The summed E-state index contributed by atoms with van der Waals surface area (Å²) in [7, 11) is -1.76. The molecule has 0 aliphatic rings. The van der Waals surface area contributed by atoms with Gasteiger partial charge < -0.3 is 10.1 Å². The Hall–Kier alpha value is -1.99. The summed E-state index contributed by atoms with van der Waals surface area (Å²) in [6, 6.07) is 6.85. The molecule has 1 aromatic heterocycles. The fraction of sp³-hybridized carbons (Fsp3) is 0.214. The van der Waals surface area contributed by atoms with Crippen LogP contribution < -0.4 is 14.8 Å². The minimum absolute atomic E-state index is 0.396. The number of aryl methyl sites for hydroxylation is 1. The molecule has 0 bridgehead atoms. The van der Waals surface area contributed by atoms with Crippen LogP contribution in [-0.2, 0) is 10.0 Å². The Kier molecular flexibility index (Phi) is 4.77. The van der Waals surface area contributed by atoms with Gasteiger partial charge >= 0.3 is 0 Å². The number of nitrogens with zero attached hydrogens (tertiary/aromatic N) is 1. The van der Waals surface area contributed by atoms with Gasteiger partial charge in [0.1, 0.15) is 11.6 Å². The molecule has 0 aliphatic heterocycles. The van der Waals surface area contributed by atoms with Crippen molar-refractivity contribution in [3.63, 3.8) is 0 Å². The predicted octanol–water partition coefficient (Wildman–Crippen LogP) is 3.17. The van der Waals surface area contributed by atoms with Crippen LogP contribution in [0.1, 0.15) is 5.56 Å². The average molecular weight is 342 g/mol. The zero-order valence-electron chi connectivity index (χ0n) is 12.3. The van der Waals surface area contributed by atoms with Gasteiger partial charge in [-0.05, 0) is 30.7 Å². The minimum Gasteiger partial charge on any atom is -0.495 e. The van der Waals surface area contributed by atoms with Crippen molar-refractivity contribution in [2.24, 2.45) is 0 Å². The molecule has 118 valence electrons. The maximum Gasteiger partial charge on any atom is 0.229 e. The molecule has 6 nitrogen and oxygen atoms in total. The Bertz CT molecular complexity index is 777. The molecule has 0 aliphatic carbocycles. The van der Waals surface area contributed by atoms with Crippen molar-refractivity contribution in [2.75, 3.05) is 23.4 Å². The molecule has 22 heavy (non-hydrogen) atoms. The number of nitrogens with one attached hydrogen (secondary N) is 2. The summed E-state index contributed by atoms with van der Waals surface area (Å²) >= 11 is 6.06. The highest BCUT2D eigenvalue weighted by Gasteiger charge is 2.08. The largest absolute Gasteiger partial charge is 0.495 e. The standard InChI is InChI=1S/C14H16ClN3O3S/c1-9-6-12(13(21-2)7-11(9)15)17-14-5-4-10(8-16-14)18-22(3,19)20/h4-8,18H,1-3H3,(H,16,17). The Morgan fingerprint density at radius 1 is 1.27 bits per heavy atom. The van der Waals surface area contributed by atoms with E-state index in [9.17, 15) is 8.42 Å². The van der Waals surface area contributed by atoms with E-state index in [4.69, 9.17) is 16.3 Å². The smallest absolute Gasteiger partial charge is 0.229 e. The van der Waals surface area contributed by atoms with Crippen molar-refractivity contribution in [3.8, 4) is 5.75 Å². The molecule has 0 amide bonds. The molecular weight excluding hydrogens is 326 g/mol. The highest BCUT2D eigenvalue weighted by molar-refractivity contribution is 7.92. The molecule has 0 saturated heterocycles. The van der Waals surface area contributed by atoms with Gasteiger partial charge in [0.2, 0.25) is 10.0 Å². The molecule has 0 saturated carbocycles. The average Bonchev–Trinajstić information content (AvgIpc) is 2.43. The molecule has 2 aromatic rings. The molecular formula is C14H16ClN3O3S. The van der Waals surface area contributed by atoms with Crippen LogP contribution in [-0.4, -0.2) is 26.8 Å². The summed E-state index contributed by atoms with van der Waals surface area (Å²) in [5, 5.41) is 3.72. The molecule has 2 N–H and O–H groups in total. The second-order valence-electron chi connectivity index (χ2n) is 4.73. The van der Waals surface area contributed by atoms with Gasteiger partial charge in [0.05, 0.1) is 30.9 Å². The van der Waals surface area contributed by atoms with Gasteiger partial charge in [-0.15, -0.1) is 0 Å². The maximum atomic E-state index is 11.1. The molecule has 8 heteroatoms. The van der Waals surface area contributed by atoms with Crippen LogP contribution in [0.25, 0.3) is 0 Å². The fourth-order valence-electron chi connectivity index (χ4n) is 1.81. The lowest BCUT2D eigenvalue weighted by Gasteiger charge is -2.13. The molecule has 0 spiro atoms. The number of hydrogen-bond donors (Lipinski definition) is 2. The van der Waals surface area contributed by atoms with E-state index in [1.807, 2.05) is 13.0 Å². The first-order valence-corrected chi connectivity index (χ1v) is 8.60. The van der Waals surface area contributed by atoms with Gasteiger partial charge in [-0.25, -0.2) is 13.4 Å². The summed E-state index contributed by atoms with van der Waals surface area (Å²) in [5.74, 6) is 1.15. The van der Waals surface area contributed by atoms with Gasteiger partial charge in [0.25, 0.3) is 0 Å². The zero-order chi connectivity index (χ0) is 16.3. The first kappa shape index (κ1) is 16.4. The molecule has 1 aromatic carbocycles. The number of halogens is 1. The van der Waals surface area contributed by atoms with Crippen LogP contribution in [0.15, 0.2) is 30.5 Å². The van der Waals surface area contributed by atoms with Crippen LogP contribution in [0.5, 0.6) is 5.75 Å². The van der Waals surface area contributed by atoms with E-state index >= 15 is 0 Å². The SMILES string of the molecule is COc1cc(Cl)c(C)cc1Nc1ccc(NS(C)(=O)=O)cn1. The molecule has 2 rings (SSSR count). The van der Waals surface area contributed by atoms with E-state index in [1.165, 1.54) is 6.20 Å². The van der Waals surface area contributed by atoms with Crippen molar-refractivity contribution >= 4 is 38.8 Å². The van der Waals surface area contributed by atoms with E-state index in [-0.39, 0.29) is 0 Å². The van der Waals surface area contributed by atoms with E-state index in [0.29, 0.717) is 22.3 Å². The summed E-state index contributed by atoms with van der Waals surface area (Å²) in [6.45, 7) is 1.89. The van der Waals surface area contributed by atoms with Gasteiger partial charge in [-0.1, -0.05) is 11.6 Å². The first-order chi connectivity index (χ1) is 10.3. The number of pyridine rings is 1. The number of hydrogen-bond acceptors (Lipinski definition) is 5. The maximum absolute atomic E-state index is 11.1. The third kappa shape index (κ3) is 4.25. The van der Waals surface area contributed by atoms with Crippen LogP contribution >= 0.6 is 11.6 Å². The number of sulfonamides is 1. The Balaban J connectivity index is 2.23. The minimum atomic E-state index is -3.32. The summed E-state index contributed by atoms with van der Waals surface area (Å²) < 4.78 is 29.9. The van der Waals surface area contributed by atoms with E-state index in [0.717, 1.165) is 17.5 Å². The predicted molar refractivity (Wildman–Crippen MR) is 88.7 cm³/mol. The molecule has 0 unspecified atom stereocenters. The Morgan fingerprint density at radius 3 is 2.55 bits per heavy atom. The summed E-state index contributed by atoms with van der Waals surface area (Å²) in [4.78, 5) is 4.16. The zero-order valence-corrected chi connectivity index (χ0v) is 13.9. The number of rotatable bonds is 5. The number of ether oxygens (including phenoxy) is 1. The van der Waals surface area contributed by atoms with Crippen molar-refractivity contribution in [1.82, 2.24) is 4.98 Å². The highest BCUT2D eigenvalue weighted by Crippen LogP contribution is 2.32. The van der Waals surface area contributed by atoms with Crippen molar-refractivity contribution in [1.29, 1.82) is 0 Å². The van der Waals surface area contributed by atoms with Gasteiger partial charge in [-0.3, -0.25) is 4.72 Å². The van der Waals surface area contributed by atoms with Gasteiger partial charge in [0.15, 0.2) is 0 Å². The van der Waals surface area contributed by atoms with Gasteiger partial charge in [-0.2, -0.15) is 0 Å². The third-order valence-corrected chi connectivity index (χ3v) is 3.82. The number of anilines is 3.